The Balaban J connectivity index is 2.55. The van der Waals surface area contributed by atoms with Crippen molar-refractivity contribution in [2.24, 2.45) is 10.9 Å². The molecular formula is C22H26N2O6. The number of ketones is 1. The van der Waals surface area contributed by atoms with E-state index in [0.29, 0.717) is 0 Å². The molecule has 0 saturated heterocycles. The van der Waals surface area contributed by atoms with Crippen LogP contribution >= 0.6 is 0 Å². The number of aliphatic imine (C=N–C) groups is 1. The highest BCUT2D eigenvalue weighted by atomic mass is 16.4. The number of hydrogen-bond acceptors (Lipinski definition) is 6. The summed E-state index contributed by atoms with van der Waals surface area (Å²) in [5.41, 5.74) is -0.121. The Kier molecular flexibility index (Phi) is 7.79. The molecule has 1 heterocycles. The molecule has 0 bridgehead atoms. The lowest BCUT2D eigenvalue weighted by molar-refractivity contribution is -0.129. The normalized spacial score (nSPS) is 13.9. The molecule has 0 unspecified atom stereocenters. The molecule has 0 aliphatic carbocycles. The van der Waals surface area contributed by atoms with Crippen LogP contribution in [0.4, 0.5) is 0 Å². The van der Waals surface area contributed by atoms with Crippen LogP contribution in [0.25, 0.3) is 0 Å². The van der Waals surface area contributed by atoms with Crippen molar-refractivity contribution in [2.45, 2.75) is 46.1 Å². The maximum atomic E-state index is 12.1. The second-order valence-corrected chi connectivity index (χ2v) is 7.35. The van der Waals surface area contributed by atoms with Crippen LogP contribution in [0.15, 0.2) is 52.4 Å². The number of benzene rings is 1. The monoisotopic (exact) mass is 414 g/mol. The molecule has 1 aromatic carbocycles. The van der Waals surface area contributed by atoms with Gasteiger partial charge in [0.15, 0.2) is 16.9 Å². The van der Waals surface area contributed by atoms with E-state index in [0.717, 1.165) is 11.6 Å². The highest BCUT2D eigenvalue weighted by Gasteiger charge is 2.26. The maximum absolute atomic E-state index is 12.1. The van der Waals surface area contributed by atoms with Gasteiger partial charge in [-0.3, -0.25) is 14.6 Å². The van der Waals surface area contributed by atoms with E-state index in [2.05, 4.69) is 4.99 Å². The summed E-state index contributed by atoms with van der Waals surface area (Å²) in [5, 5.41) is 29.9. The number of aromatic nitrogens is 1. The zero-order valence-electron chi connectivity index (χ0n) is 17.1. The van der Waals surface area contributed by atoms with Gasteiger partial charge in [0.25, 0.3) is 0 Å². The highest BCUT2D eigenvalue weighted by molar-refractivity contribution is 6.37. The summed E-state index contributed by atoms with van der Waals surface area (Å²) in [6, 6.07) is 10.1. The van der Waals surface area contributed by atoms with Gasteiger partial charge in [-0.05, 0) is 18.4 Å². The smallest absolute Gasteiger partial charge is 0.352 e. The minimum Gasteiger partial charge on any atom is -0.477 e. The molecule has 8 heteroatoms. The first-order valence-corrected chi connectivity index (χ1v) is 9.55. The third kappa shape index (κ3) is 5.49. The van der Waals surface area contributed by atoms with Crippen molar-refractivity contribution in [3.8, 4) is 0 Å². The van der Waals surface area contributed by atoms with Gasteiger partial charge >= 0.3 is 5.97 Å². The number of Topliss-reactive ketones (excluding diaryl/α,β-unsaturated/α-hetero) is 1. The zero-order valence-corrected chi connectivity index (χ0v) is 17.1. The number of carboxylic acids is 1. The summed E-state index contributed by atoms with van der Waals surface area (Å²) in [7, 11) is 0. The molecule has 160 valence electrons. The summed E-state index contributed by atoms with van der Waals surface area (Å²) >= 11 is 0. The van der Waals surface area contributed by atoms with Crippen LogP contribution in [0.1, 0.15) is 48.6 Å². The van der Waals surface area contributed by atoms with Gasteiger partial charge < -0.3 is 19.9 Å². The SMILES string of the molecule is CC(=O)c1cn([C@H](N=C(C(=O)O)[C@@H](O)Cc2ccccc2)C(C)C)c(CO)cc1=O. The number of aliphatic hydroxyl groups excluding tert-OH is 2. The second-order valence-electron chi connectivity index (χ2n) is 7.35. The van der Waals surface area contributed by atoms with Gasteiger partial charge in [0.1, 0.15) is 12.3 Å². The minimum absolute atomic E-state index is 0.0620. The minimum atomic E-state index is -1.37. The number of aliphatic carboxylic acids is 1. The third-order valence-corrected chi connectivity index (χ3v) is 4.66. The summed E-state index contributed by atoms with van der Waals surface area (Å²) < 4.78 is 1.42. The van der Waals surface area contributed by atoms with Gasteiger partial charge in [-0.2, -0.15) is 0 Å². The van der Waals surface area contributed by atoms with Crippen molar-refractivity contribution in [1.29, 1.82) is 0 Å². The lowest BCUT2D eigenvalue weighted by Crippen LogP contribution is -2.33. The third-order valence-electron chi connectivity index (χ3n) is 4.66. The van der Waals surface area contributed by atoms with E-state index in [1.807, 2.05) is 6.07 Å². The maximum Gasteiger partial charge on any atom is 0.352 e. The predicted octanol–water partition coefficient (Wildman–Crippen LogP) is 1.83. The molecule has 0 saturated carbocycles. The molecule has 0 spiro atoms. The molecule has 3 N–H and O–H groups in total. The van der Waals surface area contributed by atoms with Crippen LogP contribution in [0, 0.1) is 5.92 Å². The average Bonchev–Trinajstić information content (AvgIpc) is 2.68. The van der Waals surface area contributed by atoms with Gasteiger partial charge in [0.05, 0.1) is 12.2 Å². The van der Waals surface area contributed by atoms with Crippen molar-refractivity contribution in [3.05, 3.63) is 69.6 Å². The standard InChI is InChI=1S/C22H26N2O6/c1-13(2)21(24-11-17(14(3)26)18(27)10-16(24)12-25)23-20(22(29)30)19(28)9-15-7-5-4-6-8-15/h4-8,10-11,13,19,21,25,28H,9,12H2,1-3H3,(H,29,30)/t19-,21-/m0/s1. The topological polar surface area (TPSA) is 129 Å². The molecule has 0 aliphatic heterocycles. The molecule has 0 aliphatic rings. The number of carbonyl (C=O) groups excluding carboxylic acids is 1. The zero-order chi connectivity index (χ0) is 22.4. The van der Waals surface area contributed by atoms with E-state index in [1.165, 1.54) is 17.7 Å². The van der Waals surface area contributed by atoms with Crippen molar-refractivity contribution < 1.29 is 24.9 Å². The van der Waals surface area contributed by atoms with Gasteiger partial charge in [0.2, 0.25) is 0 Å². The molecule has 2 rings (SSSR count). The van der Waals surface area contributed by atoms with Crippen LogP contribution < -0.4 is 5.43 Å². The number of hydrogen-bond donors (Lipinski definition) is 3. The van der Waals surface area contributed by atoms with Gasteiger partial charge in [-0.15, -0.1) is 0 Å². The summed E-state index contributed by atoms with van der Waals surface area (Å²) in [4.78, 5) is 40.1. The van der Waals surface area contributed by atoms with Gasteiger partial charge in [0, 0.05) is 24.4 Å². The van der Waals surface area contributed by atoms with Crippen molar-refractivity contribution in [2.75, 3.05) is 0 Å². The Morgan fingerprint density at radius 1 is 1.17 bits per heavy atom. The number of carbonyl (C=O) groups is 2. The lowest BCUT2D eigenvalue weighted by atomic mass is 10.0. The fourth-order valence-corrected chi connectivity index (χ4v) is 3.12. The van der Waals surface area contributed by atoms with Crippen LogP contribution in [0.3, 0.4) is 0 Å². The first kappa shape index (κ1) is 23.2. The highest BCUT2D eigenvalue weighted by Crippen LogP contribution is 2.23. The Labute approximate surface area is 174 Å². The largest absolute Gasteiger partial charge is 0.477 e. The lowest BCUT2D eigenvalue weighted by Gasteiger charge is -2.25. The Hall–Kier alpha value is -3.10. The molecule has 8 nitrogen and oxygen atoms in total. The number of nitrogens with zero attached hydrogens (tertiary/aromatic N) is 2. The van der Waals surface area contributed by atoms with Crippen molar-refractivity contribution in [1.82, 2.24) is 4.57 Å². The molecular weight excluding hydrogens is 388 g/mol. The van der Waals surface area contributed by atoms with Crippen molar-refractivity contribution in [3.63, 3.8) is 0 Å². The summed E-state index contributed by atoms with van der Waals surface area (Å²) in [5.74, 6) is -2.09. The Morgan fingerprint density at radius 2 is 1.80 bits per heavy atom. The number of carboxylic acid groups (broad SMARTS) is 1. The number of rotatable bonds is 9. The van der Waals surface area contributed by atoms with Crippen LogP contribution in [0.2, 0.25) is 0 Å². The first-order chi connectivity index (χ1) is 14.1. The Bertz CT molecular complexity index is 994. The summed E-state index contributed by atoms with van der Waals surface area (Å²) in [6.07, 6.45) is -0.877. The van der Waals surface area contributed by atoms with Crippen LogP contribution in [0.5, 0.6) is 0 Å². The van der Waals surface area contributed by atoms with Crippen LogP contribution in [-0.2, 0) is 17.8 Å². The average molecular weight is 414 g/mol. The summed E-state index contributed by atoms with van der Waals surface area (Å²) in [6.45, 7) is 4.31. The number of pyridine rings is 1. The predicted molar refractivity (Wildman–Crippen MR) is 112 cm³/mol. The first-order valence-electron chi connectivity index (χ1n) is 9.55. The fraction of sp³-hybridized carbons (Fsp3) is 0.364. The van der Waals surface area contributed by atoms with E-state index >= 15 is 0 Å². The quantitative estimate of drug-likeness (QED) is 0.424. The van der Waals surface area contributed by atoms with Crippen LogP contribution in [-0.4, -0.2) is 43.5 Å². The molecule has 0 amide bonds. The van der Waals surface area contributed by atoms with E-state index in [-0.39, 0.29) is 23.6 Å². The molecule has 2 aromatic rings. The molecule has 2 atom stereocenters. The molecule has 30 heavy (non-hydrogen) atoms. The van der Waals surface area contributed by atoms with Gasteiger partial charge in [-0.1, -0.05) is 44.2 Å². The van der Waals surface area contributed by atoms with E-state index < -0.39 is 41.8 Å². The van der Waals surface area contributed by atoms with E-state index in [1.54, 1.807) is 38.1 Å². The molecule has 0 fully saturated rings. The fourth-order valence-electron chi connectivity index (χ4n) is 3.12. The van der Waals surface area contributed by atoms with Gasteiger partial charge in [-0.25, -0.2) is 4.79 Å². The van der Waals surface area contributed by atoms with E-state index in [9.17, 15) is 29.7 Å². The molecule has 0 radical (unpaired) electrons. The molecule has 1 aromatic heterocycles. The number of aliphatic hydroxyl groups is 2. The Morgan fingerprint density at radius 3 is 2.30 bits per heavy atom. The van der Waals surface area contributed by atoms with E-state index in [4.69, 9.17) is 0 Å². The van der Waals surface area contributed by atoms with Crippen molar-refractivity contribution >= 4 is 17.5 Å². The second kappa shape index (κ2) is 10.1.